The number of hydrogen-bond acceptors (Lipinski definition) is 6. The third-order valence-corrected chi connectivity index (χ3v) is 3.72. The minimum Gasteiger partial charge on any atom is -0.388 e. The largest absolute Gasteiger partial charge is 0.388 e. The third kappa shape index (κ3) is 3.97. The third-order valence-electron chi connectivity index (χ3n) is 3.72. The summed E-state index contributed by atoms with van der Waals surface area (Å²) >= 11 is 0. The van der Waals surface area contributed by atoms with E-state index >= 15 is 0 Å². The van der Waals surface area contributed by atoms with Crippen molar-refractivity contribution in [2.75, 3.05) is 6.61 Å². The molecule has 0 spiro atoms. The molecule has 5 atom stereocenters. The summed E-state index contributed by atoms with van der Waals surface area (Å²) in [6.45, 7) is 3.35. The van der Waals surface area contributed by atoms with Crippen molar-refractivity contribution in [3.8, 4) is 0 Å². The molecule has 0 bridgehead atoms. The van der Waals surface area contributed by atoms with Gasteiger partial charge in [0, 0.05) is 6.20 Å². The molecule has 10 heteroatoms. The van der Waals surface area contributed by atoms with E-state index in [1.807, 2.05) is 0 Å². The summed E-state index contributed by atoms with van der Waals surface area (Å²) in [6.07, 6.45) is -1.63. The Labute approximate surface area is 131 Å². The van der Waals surface area contributed by atoms with Gasteiger partial charge in [0.1, 0.15) is 12.2 Å². The lowest BCUT2D eigenvalue weighted by molar-refractivity contribution is -0.170. The van der Waals surface area contributed by atoms with Crippen molar-refractivity contribution >= 4 is 6.03 Å². The number of nitrogens with two attached hydrogens (primary N) is 1. The minimum atomic E-state index is -0.996. The first-order chi connectivity index (χ1) is 10.8. The van der Waals surface area contributed by atoms with E-state index in [9.17, 15) is 19.5 Å². The van der Waals surface area contributed by atoms with Gasteiger partial charge in [-0.15, -0.1) is 0 Å². The lowest BCUT2D eigenvalue weighted by Crippen LogP contribution is -2.61. The molecule has 0 saturated carbocycles. The van der Waals surface area contributed by atoms with Gasteiger partial charge < -0.3 is 30.6 Å². The van der Waals surface area contributed by atoms with Crippen LogP contribution in [-0.4, -0.2) is 52.1 Å². The van der Waals surface area contributed by atoms with E-state index in [1.54, 1.807) is 13.8 Å². The Morgan fingerprint density at radius 1 is 1.57 bits per heavy atom. The molecule has 2 amide bonds. The average Bonchev–Trinajstić information content (AvgIpc) is 2.46. The van der Waals surface area contributed by atoms with Crippen molar-refractivity contribution < 1.29 is 19.4 Å². The van der Waals surface area contributed by atoms with Gasteiger partial charge in [-0.25, -0.2) is 9.59 Å². The van der Waals surface area contributed by atoms with Crippen LogP contribution < -0.4 is 22.3 Å². The van der Waals surface area contributed by atoms with Crippen LogP contribution in [0.4, 0.5) is 4.79 Å². The van der Waals surface area contributed by atoms with E-state index < -0.39 is 47.7 Å². The molecular formula is C13H20N4O6. The van der Waals surface area contributed by atoms with Gasteiger partial charge in [0.2, 0.25) is 0 Å². The van der Waals surface area contributed by atoms with Crippen LogP contribution in [0.25, 0.3) is 0 Å². The van der Waals surface area contributed by atoms with Crippen LogP contribution in [0, 0.1) is 0 Å². The molecule has 1 saturated heterocycles. The number of carbonyl (C=O) groups excluding carboxylic acids is 1. The fourth-order valence-electron chi connectivity index (χ4n) is 2.53. The number of aliphatic hydroxyl groups is 1. The van der Waals surface area contributed by atoms with Crippen LogP contribution in [0.15, 0.2) is 15.8 Å². The number of hydrogen-bond donors (Lipinski definition) is 5. The molecule has 5 unspecified atom stereocenters. The molecule has 0 aliphatic carbocycles. The summed E-state index contributed by atoms with van der Waals surface area (Å²) in [4.78, 5) is 38.4. The highest BCUT2D eigenvalue weighted by Gasteiger charge is 2.40. The SMILES string of the molecule is CC(OC1C(C)OCC(O)C1NC(N)=O)c1c[nH]c(=O)[nH]c1=O. The van der Waals surface area contributed by atoms with E-state index in [0.29, 0.717) is 0 Å². The number of aromatic amines is 2. The molecule has 128 valence electrons. The molecule has 6 N–H and O–H groups in total. The number of H-pyrrole nitrogens is 2. The van der Waals surface area contributed by atoms with E-state index in [1.165, 1.54) is 6.20 Å². The maximum absolute atomic E-state index is 11.8. The van der Waals surface area contributed by atoms with Crippen molar-refractivity contribution in [1.82, 2.24) is 15.3 Å². The van der Waals surface area contributed by atoms with Gasteiger partial charge in [-0.3, -0.25) is 9.78 Å². The highest BCUT2D eigenvalue weighted by molar-refractivity contribution is 5.72. The van der Waals surface area contributed by atoms with E-state index in [4.69, 9.17) is 15.2 Å². The van der Waals surface area contributed by atoms with Crippen LogP contribution >= 0.6 is 0 Å². The molecule has 1 aromatic rings. The Balaban J connectivity index is 2.21. The van der Waals surface area contributed by atoms with Crippen molar-refractivity contribution in [2.45, 2.75) is 44.3 Å². The van der Waals surface area contributed by atoms with Gasteiger partial charge in [-0.05, 0) is 13.8 Å². The standard InChI is InChI=1S/C13H20N4O6/c1-5(7-3-15-13(21)17-11(7)19)23-10-6(2)22-4-8(18)9(10)16-12(14)20/h3,5-6,8-10,18H,4H2,1-2H3,(H3,14,16,20)(H2,15,17,19,21). The van der Waals surface area contributed by atoms with E-state index in [0.717, 1.165) is 0 Å². The zero-order valence-electron chi connectivity index (χ0n) is 12.7. The molecule has 10 nitrogen and oxygen atoms in total. The highest BCUT2D eigenvalue weighted by atomic mass is 16.6. The smallest absolute Gasteiger partial charge is 0.325 e. The Hall–Kier alpha value is -2.17. The molecule has 2 heterocycles. The number of urea groups is 1. The molecular weight excluding hydrogens is 308 g/mol. The number of amides is 2. The number of aliphatic hydroxyl groups excluding tert-OH is 1. The number of rotatable bonds is 4. The zero-order valence-corrected chi connectivity index (χ0v) is 12.7. The first-order valence-corrected chi connectivity index (χ1v) is 7.12. The number of ether oxygens (including phenoxy) is 2. The normalized spacial score (nSPS) is 29.0. The summed E-state index contributed by atoms with van der Waals surface area (Å²) in [5, 5.41) is 12.4. The minimum absolute atomic E-state index is 0.0274. The molecule has 0 radical (unpaired) electrons. The number of nitrogens with one attached hydrogen (secondary N) is 3. The first kappa shape index (κ1) is 17.2. The van der Waals surface area contributed by atoms with E-state index in [-0.39, 0.29) is 12.2 Å². The number of primary amides is 1. The van der Waals surface area contributed by atoms with Crippen LogP contribution in [0.3, 0.4) is 0 Å². The van der Waals surface area contributed by atoms with Crippen molar-refractivity contribution in [3.63, 3.8) is 0 Å². The quantitative estimate of drug-likeness (QED) is 0.444. The van der Waals surface area contributed by atoms with Gasteiger partial charge in [0.25, 0.3) is 5.56 Å². The van der Waals surface area contributed by atoms with Crippen molar-refractivity contribution in [3.05, 3.63) is 32.6 Å². The zero-order chi connectivity index (χ0) is 17.1. The van der Waals surface area contributed by atoms with Gasteiger partial charge in [0.05, 0.1) is 30.4 Å². The monoisotopic (exact) mass is 328 g/mol. The number of carbonyl (C=O) groups is 1. The second kappa shape index (κ2) is 6.94. The van der Waals surface area contributed by atoms with Crippen LogP contribution in [-0.2, 0) is 9.47 Å². The predicted molar refractivity (Wildman–Crippen MR) is 78.9 cm³/mol. The number of aromatic nitrogens is 2. The van der Waals surface area contributed by atoms with Crippen molar-refractivity contribution in [1.29, 1.82) is 0 Å². The Morgan fingerprint density at radius 3 is 2.87 bits per heavy atom. The highest BCUT2D eigenvalue weighted by Crippen LogP contribution is 2.24. The Kier molecular flexibility index (Phi) is 5.19. The molecule has 1 aromatic heterocycles. The summed E-state index contributed by atoms with van der Waals surface area (Å²) in [5.74, 6) is 0. The van der Waals surface area contributed by atoms with Crippen molar-refractivity contribution in [2.24, 2.45) is 5.73 Å². The maximum Gasteiger partial charge on any atom is 0.325 e. The predicted octanol–water partition coefficient (Wildman–Crippen LogP) is -1.67. The average molecular weight is 328 g/mol. The first-order valence-electron chi connectivity index (χ1n) is 7.12. The summed E-state index contributed by atoms with van der Waals surface area (Å²) in [7, 11) is 0. The van der Waals surface area contributed by atoms with Gasteiger partial charge >= 0.3 is 11.7 Å². The summed E-state index contributed by atoms with van der Waals surface area (Å²) in [6, 6.07) is -1.58. The lowest BCUT2D eigenvalue weighted by Gasteiger charge is -2.40. The second-order valence-electron chi connectivity index (χ2n) is 5.41. The summed E-state index contributed by atoms with van der Waals surface area (Å²) in [5.41, 5.74) is 4.13. The lowest BCUT2D eigenvalue weighted by atomic mass is 9.97. The van der Waals surface area contributed by atoms with Gasteiger partial charge in [-0.1, -0.05) is 0 Å². The molecule has 2 rings (SSSR count). The van der Waals surface area contributed by atoms with Crippen LogP contribution in [0.5, 0.6) is 0 Å². The Bertz CT molecular complexity index is 671. The van der Waals surface area contributed by atoms with Gasteiger partial charge in [-0.2, -0.15) is 0 Å². The van der Waals surface area contributed by atoms with Gasteiger partial charge in [0.15, 0.2) is 0 Å². The fourth-order valence-corrected chi connectivity index (χ4v) is 2.53. The van der Waals surface area contributed by atoms with Crippen LogP contribution in [0.1, 0.15) is 25.5 Å². The molecule has 0 aromatic carbocycles. The second-order valence-corrected chi connectivity index (χ2v) is 5.41. The maximum atomic E-state index is 11.8. The molecule has 1 aliphatic heterocycles. The molecule has 1 aliphatic rings. The van der Waals surface area contributed by atoms with E-state index in [2.05, 4.69) is 15.3 Å². The Morgan fingerprint density at radius 2 is 2.26 bits per heavy atom. The summed E-state index contributed by atoms with van der Waals surface area (Å²) < 4.78 is 11.2. The molecule has 1 fully saturated rings. The fraction of sp³-hybridized carbons (Fsp3) is 0.615. The van der Waals surface area contributed by atoms with Crippen LogP contribution in [0.2, 0.25) is 0 Å². The topological polar surface area (TPSA) is 160 Å². The molecule has 23 heavy (non-hydrogen) atoms.